The first-order valence-corrected chi connectivity index (χ1v) is 6.19. The zero-order valence-electron chi connectivity index (χ0n) is 8.85. The van der Waals surface area contributed by atoms with E-state index in [9.17, 15) is 0 Å². The SMILES string of the molecule is NCc1coc(N2CCc3sccc3C2)n1. The Balaban J connectivity index is 1.83. The maximum absolute atomic E-state index is 5.51. The molecule has 0 radical (unpaired) electrons. The van der Waals surface area contributed by atoms with E-state index in [0.29, 0.717) is 12.6 Å². The predicted molar refractivity (Wildman–Crippen MR) is 63.5 cm³/mol. The van der Waals surface area contributed by atoms with Crippen LogP contribution in [-0.4, -0.2) is 11.5 Å². The van der Waals surface area contributed by atoms with Crippen LogP contribution in [0.2, 0.25) is 0 Å². The molecule has 0 saturated heterocycles. The minimum atomic E-state index is 0.432. The molecule has 0 fully saturated rings. The molecule has 3 heterocycles. The number of oxazole rings is 1. The number of nitrogens with two attached hydrogens (primary N) is 1. The number of fused-ring (bicyclic) bond motifs is 1. The zero-order valence-corrected chi connectivity index (χ0v) is 9.67. The first-order valence-electron chi connectivity index (χ1n) is 5.31. The van der Waals surface area contributed by atoms with Gasteiger partial charge in [0.15, 0.2) is 0 Å². The molecule has 0 bridgehead atoms. The first kappa shape index (κ1) is 9.86. The summed E-state index contributed by atoms with van der Waals surface area (Å²) in [6, 6.07) is 2.87. The van der Waals surface area contributed by atoms with Crippen molar-refractivity contribution in [1.29, 1.82) is 0 Å². The third-order valence-corrected chi connectivity index (χ3v) is 3.85. The highest BCUT2D eigenvalue weighted by Gasteiger charge is 2.20. The van der Waals surface area contributed by atoms with E-state index in [1.807, 2.05) is 11.3 Å². The lowest BCUT2D eigenvalue weighted by Gasteiger charge is -2.25. The molecule has 5 heteroatoms. The van der Waals surface area contributed by atoms with E-state index in [4.69, 9.17) is 10.2 Å². The molecule has 4 nitrogen and oxygen atoms in total. The van der Waals surface area contributed by atoms with Crippen molar-refractivity contribution in [2.24, 2.45) is 5.73 Å². The zero-order chi connectivity index (χ0) is 11.0. The fourth-order valence-electron chi connectivity index (χ4n) is 1.95. The van der Waals surface area contributed by atoms with Crippen LogP contribution in [-0.2, 0) is 19.5 Å². The van der Waals surface area contributed by atoms with E-state index in [0.717, 1.165) is 25.2 Å². The van der Waals surface area contributed by atoms with E-state index in [2.05, 4.69) is 21.3 Å². The molecule has 0 saturated carbocycles. The smallest absolute Gasteiger partial charge is 0.297 e. The third-order valence-electron chi connectivity index (χ3n) is 2.83. The Morgan fingerprint density at radius 1 is 1.56 bits per heavy atom. The topological polar surface area (TPSA) is 55.3 Å². The number of nitrogens with zero attached hydrogens (tertiary/aromatic N) is 2. The Kier molecular flexibility index (Phi) is 2.41. The van der Waals surface area contributed by atoms with Gasteiger partial charge in [-0.05, 0) is 23.4 Å². The van der Waals surface area contributed by atoms with Gasteiger partial charge in [-0.25, -0.2) is 0 Å². The predicted octanol–water partition coefficient (Wildman–Crippen LogP) is 1.76. The maximum atomic E-state index is 5.51. The van der Waals surface area contributed by atoms with Crippen molar-refractivity contribution in [1.82, 2.24) is 4.98 Å². The van der Waals surface area contributed by atoms with Crippen LogP contribution in [0.4, 0.5) is 6.01 Å². The van der Waals surface area contributed by atoms with Crippen LogP contribution < -0.4 is 10.6 Å². The summed E-state index contributed by atoms with van der Waals surface area (Å²) in [4.78, 5) is 8.00. The Hall–Kier alpha value is -1.33. The largest absolute Gasteiger partial charge is 0.432 e. The van der Waals surface area contributed by atoms with Gasteiger partial charge < -0.3 is 15.1 Å². The number of aromatic nitrogens is 1. The van der Waals surface area contributed by atoms with Gasteiger partial charge in [0, 0.05) is 24.5 Å². The van der Waals surface area contributed by atoms with E-state index in [1.165, 1.54) is 10.4 Å². The Bertz CT molecular complexity index is 491. The van der Waals surface area contributed by atoms with Crippen LogP contribution in [0.5, 0.6) is 0 Å². The van der Waals surface area contributed by atoms with Crippen LogP contribution in [0, 0.1) is 0 Å². The molecule has 0 amide bonds. The molecule has 0 unspecified atom stereocenters. The van der Waals surface area contributed by atoms with E-state index in [-0.39, 0.29) is 0 Å². The summed E-state index contributed by atoms with van der Waals surface area (Å²) in [6.07, 6.45) is 2.71. The first-order chi connectivity index (χ1) is 7.86. The average molecular weight is 235 g/mol. The highest BCUT2D eigenvalue weighted by atomic mass is 32.1. The Labute approximate surface area is 97.7 Å². The molecule has 0 aliphatic carbocycles. The van der Waals surface area contributed by atoms with Gasteiger partial charge in [0.1, 0.15) is 6.26 Å². The molecule has 2 N–H and O–H groups in total. The highest BCUT2D eigenvalue weighted by Crippen LogP contribution is 2.27. The number of anilines is 1. The Morgan fingerprint density at radius 2 is 2.50 bits per heavy atom. The van der Waals surface area contributed by atoms with Gasteiger partial charge in [-0.1, -0.05) is 0 Å². The van der Waals surface area contributed by atoms with Gasteiger partial charge in [0.2, 0.25) is 0 Å². The van der Waals surface area contributed by atoms with Gasteiger partial charge in [-0.3, -0.25) is 0 Å². The average Bonchev–Trinajstić information content (AvgIpc) is 2.96. The van der Waals surface area contributed by atoms with Gasteiger partial charge in [0.05, 0.1) is 5.69 Å². The van der Waals surface area contributed by atoms with Crippen LogP contribution in [0.1, 0.15) is 16.1 Å². The van der Waals surface area contributed by atoms with Crippen LogP contribution in [0.25, 0.3) is 0 Å². The number of hydrogen-bond acceptors (Lipinski definition) is 5. The molecule has 0 aromatic carbocycles. The van der Waals surface area contributed by atoms with Crippen molar-refractivity contribution in [3.63, 3.8) is 0 Å². The second-order valence-electron chi connectivity index (χ2n) is 3.87. The molecular formula is C11H13N3OS. The van der Waals surface area contributed by atoms with Gasteiger partial charge >= 0.3 is 0 Å². The fraction of sp³-hybridized carbons (Fsp3) is 0.364. The van der Waals surface area contributed by atoms with Crippen molar-refractivity contribution in [2.45, 2.75) is 19.5 Å². The quantitative estimate of drug-likeness (QED) is 0.861. The maximum Gasteiger partial charge on any atom is 0.297 e. The summed E-state index contributed by atoms with van der Waals surface area (Å²) in [5.74, 6) is 0. The summed E-state index contributed by atoms with van der Waals surface area (Å²) in [7, 11) is 0. The standard InChI is InChI=1S/C11H13N3OS/c12-5-9-7-15-11(13-9)14-3-1-10-8(6-14)2-4-16-10/h2,4,7H,1,3,5-6,12H2. The number of thiophene rings is 1. The summed E-state index contributed by atoms with van der Waals surface area (Å²) in [6.45, 7) is 2.29. The summed E-state index contributed by atoms with van der Waals surface area (Å²) < 4.78 is 5.42. The van der Waals surface area contributed by atoms with E-state index >= 15 is 0 Å². The second kappa shape index (κ2) is 3.92. The molecule has 3 rings (SSSR count). The van der Waals surface area contributed by atoms with Crippen molar-refractivity contribution in [2.75, 3.05) is 11.4 Å². The van der Waals surface area contributed by atoms with Gasteiger partial charge in [0.25, 0.3) is 6.01 Å². The molecular weight excluding hydrogens is 222 g/mol. The molecule has 0 atom stereocenters. The van der Waals surface area contributed by atoms with E-state index in [1.54, 1.807) is 6.26 Å². The molecule has 2 aromatic rings. The minimum Gasteiger partial charge on any atom is -0.432 e. The lowest BCUT2D eigenvalue weighted by Crippen LogP contribution is -2.29. The number of hydrogen-bond donors (Lipinski definition) is 1. The minimum absolute atomic E-state index is 0.432. The van der Waals surface area contributed by atoms with Crippen molar-refractivity contribution in [3.05, 3.63) is 33.8 Å². The monoisotopic (exact) mass is 235 g/mol. The van der Waals surface area contributed by atoms with E-state index < -0.39 is 0 Å². The molecule has 1 aliphatic heterocycles. The second-order valence-corrected chi connectivity index (χ2v) is 4.87. The third kappa shape index (κ3) is 1.62. The van der Waals surface area contributed by atoms with Crippen molar-refractivity contribution >= 4 is 17.4 Å². The molecule has 84 valence electrons. The molecule has 0 spiro atoms. The summed E-state index contributed by atoms with van der Waals surface area (Å²) >= 11 is 1.83. The lowest BCUT2D eigenvalue weighted by atomic mass is 10.1. The lowest BCUT2D eigenvalue weighted by molar-refractivity contribution is 0.525. The van der Waals surface area contributed by atoms with Crippen LogP contribution in [0.15, 0.2) is 22.1 Å². The molecule has 2 aromatic heterocycles. The van der Waals surface area contributed by atoms with Crippen LogP contribution in [0.3, 0.4) is 0 Å². The fourth-order valence-corrected chi connectivity index (χ4v) is 2.84. The summed E-state index contributed by atoms with van der Waals surface area (Å²) in [5, 5.41) is 2.15. The van der Waals surface area contributed by atoms with Crippen molar-refractivity contribution < 1.29 is 4.42 Å². The van der Waals surface area contributed by atoms with Gasteiger partial charge in [-0.2, -0.15) is 4.98 Å². The van der Waals surface area contributed by atoms with Crippen molar-refractivity contribution in [3.8, 4) is 0 Å². The molecule has 1 aliphatic rings. The number of rotatable bonds is 2. The normalized spacial score (nSPS) is 15.2. The molecule has 16 heavy (non-hydrogen) atoms. The summed E-state index contributed by atoms with van der Waals surface area (Å²) in [5.41, 5.74) is 7.72. The highest BCUT2D eigenvalue weighted by molar-refractivity contribution is 7.10. The van der Waals surface area contributed by atoms with Crippen LogP contribution >= 0.6 is 11.3 Å². The Morgan fingerprint density at radius 3 is 3.31 bits per heavy atom. The van der Waals surface area contributed by atoms with Gasteiger partial charge in [-0.15, -0.1) is 11.3 Å².